The number of carboxylic acid groups (broad SMARTS) is 1. The number of carbonyl (C=O) groups is 1. The normalized spacial score (nSPS) is 13.5. The van der Waals surface area contributed by atoms with E-state index in [1.165, 1.54) is 22.3 Å². The number of fused-ring (bicyclic) bond motifs is 2. The van der Waals surface area contributed by atoms with Gasteiger partial charge in [0.25, 0.3) is 0 Å². The summed E-state index contributed by atoms with van der Waals surface area (Å²) in [7, 11) is 0. The minimum Gasteiger partial charge on any atom is -0.481 e. The van der Waals surface area contributed by atoms with Crippen molar-refractivity contribution in [2.24, 2.45) is 0 Å². The van der Waals surface area contributed by atoms with Crippen LogP contribution in [0.5, 0.6) is 0 Å². The molecular formula is C18H19NO2. The molecule has 1 aliphatic carbocycles. The first kappa shape index (κ1) is 13.8. The van der Waals surface area contributed by atoms with Gasteiger partial charge >= 0.3 is 5.97 Å². The molecule has 2 aromatic rings. The van der Waals surface area contributed by atoms with Crippen molar-refractivity contribution in [2.45, 2.75) is 25.3 Å². The fourth-order valence-corrected chi connectivity index (χ4v) is 3.03. The summed E-state index contributed by atoms with van der Waals surface area (Å²) in [5.74, 6) is -0.735. The lowest BCUT2D eigenvalue weighted by molar-refractivity contribution is -0.137. The van der Waals surface area contributed by atoms with Gasteiger partial charge < -0.3 is 10.4 Å². The molecule has 2 N–H and O–H groups in total. The second kappa shape index (κ2) is 6.10. The maximum atomic E-state index is 10.6. The van der Waals surface area contributed by atoms with Gasteiger partial charge in [-0.1, -0.05) is 48.5 Å². The minimum absolute atomic E-state index is 0.167. The first-order chi connectivity index (χ1) is 10.3. The SMILES string of the molecule is O=C(O)CCCNC1c2ccccc2Cc2ccccc21. The van der Waals surface area contributed by atoms with E-state index in [-0.39, 0.29) is 12.5 Å². The van der Waals surface area contributed by atoms with Crippen LogP contribution >= 0.6 is 0 Å². The number of nitrogens with one attached hydrogen (secondary N) is 1. The second-order valence-corrected chi connectivity index (χ2v) is 5.46. The molecule has 1 aliphatic rings. The van der Waals surface area contributed by atoms with Gasteiger partial charge in [0.05, 0.1) is 6.04 Å². The third-order valence-electron chi connectivity index (χ3n) is 4.03. The standard InChI is InChI=1S/C18H19NO2/c20-17(21)10-5-11-19-18-15-8-3-1-6-13(15)12-14-7-2-4-9-16(14)18/h1-4,6-9,18-19H,5,10-12H2,(H,20,21). The van der Waals surface area contributed by atoms with Crippen molar-refractivity contribution in [1.82, 2.24) is 5.32 Å². The highest BCUT2D eigenvalue weighted by Crippen LogP contribution is 2.34. The lowest BCUT2D eigenvalue weighted by Crippen LogP contribution is -2.28. The predicted octanol–water partition coefficient (Wildman–Crippen LogP) is 3.13. The van der Waals surface area contributed by atoms with Crippen molar-refractivity contribution in [2.75, 3.05) is 6.54 Å². The Labute approximate surface area is 124 Å². The van der Waals surface area contributed by atoms with E-state index >= 15 is 0 Å². The predicted molar refractivity (Wildman–Crippen MR) is 82.4 cm³/mol. The number of benzene rings is 2. The van der Waals surface area contributed by atoms with E-state index in [4.69, 9.17) is 5.11 Å². The summed E-state index contributed by atoms with van der Waals surface area (Å²) in [6.45, 7) is 0.708. The largest absolute Gasteiger partial charge is 0.481 e. The van der Waals surface area contributed by atoms with Gasteiger partial charge in [-0.3, -0.25) is 4.79 Å². The Balaban J connectivity index is 1.83. The summed E-state index contributed by atoms with van der Waals surface area (Å²) in [4.78, 5) is 10.6. The number of carboxylic acids is 1. The second-order valence-electron chi connectivity index (χ2n) is 5.46. The molecule has 108 valence electrons. The zero-order valence-electron chi connectivity index (χ0n) is 11.9. The fraction of sp³-hybridized carbons (Fsp3) is 0.278. The summed E-state index contributed by atoms with van der Waals surface area (Å²) in [6.07, 6.45) is 1.83. The zero-order chi connectivity index (χ0) is 14.7. The van der Waals surface area contributed by atoms with Gasteiger partial charge in [-0.15, -0.1) is 0 Å². The highest BCUT2D eigenvalue weighted by Gasteiger charge is 2.24. The molecule has 0 atom stereocenters. The lowest BCUT2D eigenvalue weighted by atomic mass is 9.82. The molecule has 0 saturated carbocycles. The van der Waals surface area contributed by atoms with Gasteiger partial charge in [0.1, 0.15) is 0 Å². The van der Waals surface area contributed by atoms with Crippen LogP contribution in [0.25, 0.3) is 0 Å². The highest BCUT2D eigenvalue weighted by molar-refractivity contribution is 5.66. The molecule has 0 aliphatic heterocycles. The first-order valence-corrected chi connectivity index (χ1v) is 7.36. The van der Waals surface area contributed by atoms with E-state index in [0.29, 0.717) is 13.0 Å². The molecule has 0 spiro atoms. The van der Waals surface area contributed by atoms with E-state index in [1.807, 2.05) is 0 Å². The topological polar surface area (TPSA) is 49.3 Å². The number of rotatable bonds is 5. The molecule has 0 bridgehead atoms. The Morgan fingerprint density at radius 2 is 1.62 bits per heavy atom. The molecule has 3 rings (SSSR count). The summed E-state index contributed by atoms with van der Waals surface area (Å²) in [5.41, 5.74) is 5.33. The van der Waals surface area contributed by atoms with Crippen molar-refractivity contribution in [3.63, 3.8) is 0 Å². The lowest BCUT2D eigenvalue weighted by Gasteiger charge is -2.29. The van der Waals surface area contributed by atoms with Crippen LogP contribution in [0.15, 0.2) is 48.5 Å². The van der Waals surface area contributed by atoms with Crippen LogP contribution in [-0.4, -0.2) is 17.6 Å². The maximum Gasteiger partial charge on any atom is 0.303 e. The molecule has 0 heterocycles. The maximum absolute atomic E-state index is 10.6. The van der Waals surface area contributed by atoms with E-state index < -0.39 is 5.97 Å². The van der Waals surface area contributed by atoms with Gasteiger partial charge in [-0.05, 0) is 41.6 Å². The van der Waals surface area contributed by atoms with Crippen LogP contribution in [0, 0.1) is 0 Å². The average Bonchev–Trinajstić information content (AvgIpc) is 2.50. The highest BCUT2D eigenvalue weighted by atomic mass is 16.4. The number of aliphatic carboxylic acids is 1. The number of hydrogen-bond donors (Lipinski definition) is 2. The van der Waals surface area contributed by atoms with E-state index in [1.54, 1.807) is 0 Å². The van der Waals surface area contributed by atoms with Crippen molar-refractivity contribution >= 4 is 5.97 Å². The van der Waals surface area contributed by atoms with Gasteiger partial charge in [0.15, 0.2) is 0 Å². The molecule has 3 nitrogen and oxygen atoms in total. The van der Waals surface area contributed by atoms with Gasteiger partial charge in [0.2, 0.25) is 0 Å². The first-order valence-electron chi connectivity index (χ1n) is 7.36. The van der Waals surface area contributed by atoms with Crippen molar-refractivity contribution in [3.05, 3.63) is 70.8 Å². The summed E-state index contributed by atoms with van der Waals surface area (Å²) < 4.78 is 0. The van der Waals surface area contributed by atoms with Gasteiger partial charge in [-0.25, -0.2) is 0 Å². The Hall–Kier alpha value is -2.13. The Morgan fingerprint density at radius 3 is 2.19 bits per heavy atom. The van der Waals surface area contributed by atoms with Crippen molar-refractivity contribution in [3.8, 4) is 0 Å². The molecule has 0 unspecified atom stereocenters. The van der Waals surface area contributed by atoms with Crippen LogP contribution in [0.2, 0.25) is 0 Å². The fourth-order valence-electron chi connectivity index (χ4n) is 3.03. The summed E-state index contributed by atoms with van der Waals surface area (Å²) in [5, 5.41) is 12.3. The van der Waals surface area contributed by atoms with Gasteiger partial charge in [0, 0.05) is 6.42 Å². The van der Waals surface area contributed by atoms with Crippen LogP contribution in [-0.2, 0) is 11.2 Å². The third kappa shape index (κ3) is 2.98. The Kier molecular flexibility index (Phi) is 4.02. The van der Waals surface area contributed by atoms with Crippen molar-refractivity contribution in [1.29, 1.82) is 0 Å². The Bertz CT molecular complexity index is 606. The molecular weight excluding hydrogens is 262 g/mol. The molecule has 0 radical (unpaired) electrons. The molecule has 0 saturated heterocycles. The van der Waals surface area contributed by atoms with E-state index in [0.717, 1.165) is 6.42 Å². The molecule has 0 fully saturated rings. The van der Waals surface area contributed by atoms with E-state index in [2.05, 4.69) is 53.8 Å². The smallest absolute Gasteiger partial charge is 0.303 e. The molecule has 0 aromatic heterocycles. The third-order valence-corrected chi connectivity index (χ3v) is 4.03. The number of hydrogen-bond acceptors (Lipinski definition) is 2. The zero-order valence-corrected chi connectivity index (χ0v) is 11.9. The average molecular weight is 281 g/mol. The van der Waals surface area contributed by atoms with Crippen LogP contribution < -0.4 is 5.32 Å². The van der Waals surface area contributed by atoms with Crippen LogP contribution in [0.4, 0.5) is 0 Å². The van der Waals surface area contributed by atoms with E-state index in [9.17, 15) is 4.79 Å². The van der Waals surface area contributed by atoms with Crippen LogP contribution in [0.3, 0.4) is 0 Å². The van der Waals surface area contributed by atoms with Gasteiger partial charge in [-0.2, -0.15) is 0 Å². The monoisotopic (exact) mass is 281 g/mol. The quantitative estimate of drug-likeness (QED) is 0.828. The molecule has 21 heavy (non-hydrogen) atoms. The summed E-state index contributed by atoms with van der Waals surface area (Å²) >= 11 is 0. The van der Waals surface area contributed by atoms with Crippen LogP contribution in [0.1, 0.15) is 41.1 Å². The molecule has 2 aromatic carbocycles. The molecule has 0 amide bonds. The minimum atomic E-state index is -0.735. The molecule has 3 heteroatoms. The Morgan fingerprint density at radius 1 is 1.05 bits per heavy atom. The van der Waals surface area contributed by atoms with Crippen molar-refractivity contribution < 1.29 is 9.90 Å². The summed E-state index contributed by atoms with van der Waals surface area (Å²) in [6, 6.07) is 17.1.